The van der Waals surface area contributed by atoms with E-state index in [0.717, 1.165) is 11.4 Å². The number of methoxy groups -OCH3 is 1. The van der Waals surface area contributed by atoms with Crippen LogP contribution in [0.25, 0.3) is 0 Å². The molecule has 5 heteroatoms. The molecule has 0 atom stereocenters. The summed E-state index contributed by atoms with van der Waals surface area (Å²) in [6.45, 7) is 0. The van der Waals surface area contributed by atoms with Gasteiger partial charge in [0, 0.05) is 12.7 Å². The number of rotatable bonds is 3. The van der Waals surface area contributed by atoms with Crippen molar-refractivity contribution in [2.75, 3.05) is 19.1 Å². The van der Waals surface area contributed by atoms with Gasteiger partial charge < -0.3 is 9.64 Å². The van der Waals surface area contributed by atoms with Gasteiger partial charge in [0.2, 0.25) is 0 Å². The van der Waals surface area contributed by atoms with Gasteiger partial charge in [0.15, 0.2) is 0 Å². The lowest BCUT2D eigenvalue weighted by Gasteiger charge is -2.18. The fourth-order valence-corrected chi connectivity index (χ4v) is 1.82. The quantitative estimate of drug-likeness (QED) is 0.805. The second-order valence-electron chi connectivity index (χ2n) is 3.88. The Balaban J connectivity index is 2.30. The van der Waals surface area contributed by atoms with Crippen molar-refractivity contribution in [3.63, 3.8) is 0 Å². The summed E-state index contributed by atoms with van der Waals surface area (Å²) in [5.41, 5.74) is 1.32. The second kappa shape index (κ2) is 5.59. The number of aromatic nitrogens is 1. The Kier molecular flexibility index (Phi) is 3.88. The first-order valence-electron chi connectivity index (χ1n) is 5.60. The van der Waals surface area contributed by atoms with Gasteiger partial charge in [0.05, 0.1) is 12.7 Å². The molecular formula is C14H12ClN3O. The van der Waals surface area contributed by atoms with Crippen LogP contribution in [0.15, 0.2) is 36.4 Å². The van der Waals surface area contributed by atoms with Crippen LogP contribution >= 0.6 is 11.6 Å². The Morgan fingerprint density at radius 2 is 1.89 bits per heavy atom. The maximum atomic E-state index is 8.82. The first-order valence-corrected chi connectivity index (χ1v) is 5.98. The van der Waals surface area contributed by atoms with E-state index in [9.17, 15) is 0 Å². The highest BCUT2D eigenvalue weighted by atomic mass is 35.5. The van der Waals surface area contributed by atoms with Crippen molar-refractivity contribution < 1.29 is 4.74 Å². The van der Waals surface area contributed by atoms with E-state index in [1.54, 1.807) is 19.2 Å². The molecule has 0 unspecified atom stereocenters. The molecule has 1 aromatic heterocycles. The van der Waals surface area contributed by atoms with Crippen LogP contribution in [0.4, 0.5) is 11.5 Å². The Labute approximate surface area is 116 Å². The van der Waals surface area contributed by atoms with Gasteiger partial charge in [0.25, 0.3) is 0 Å². The number of pyridine rings is 1. The third-order valence-electron chi connectivity index (χ3n) is 2.76. The molecule has 0 N–H and O–H groups in total. The minimum Gasteiger partial charge on any atom is -0.497 e. The Morgan fingerprint density at radius 3 is 2.42 bits per heavy atom. The minimum atomic E-state index is 0.209. The summed E-state index contributed by atoms with van der Waals surface area (Å²) < 4.78 is 5.11. The van der Waals surface area contributed by atoms with Crippen LogP contribution in [-0.2, 0) is 0 Å². The zero-order valence-electron chi connectivity index (χ0n) is 10.6. The standard InChI is InChI=1S/C14H12ClN3O/c1-18(11-4-6-12(19-2)7-5-11)13-8-3-10(9-16)14(15)17-13/h3-8H,1-2H3. The number of benzene rings is 1. The summed E-state index contributed by atoms with van der Waals surface area (Å²) in [5, 5.41) is 9.03. The van der Waals surface area contributed by atoms with Crippen molar-refractivity contribution in [1.29, 1.82) is 5.26 Å². The molecule has 19 heavy (non-hydrogen) atoms. The highest BCUT2D eigenvalue weighted by Crippen LogP contribution is 2.26. The average Bonchev–Trinajstić information content (AvgIpc) is 2.46. The van der Waals surface area contributed by atoms with E-state index in [-0.39, 0.29) is 5.15 Å². The van der Waals surface area contributed by atoms with Crippen LogP contribution in [0.5, 0.6) is 5.75 Å². The highest BCUT2D eigenvalue weighted by molar-refractivity contribution is 6.30. The lowest BCUT2D eigenvalue weighted by Crippen LogP contribution is -2.11. The van der Waals surface area contributed by atoms with Gasteiger partial charge in [-0.3, -0.25) is 0 Å². The zero-order chi connectivity index (χ0) is 13.8. The van der Waals surface area contributed by atoms with Crippen LogP contribution < -0.4 is 9.64 Å². The van der Waals surface area contributed by atoms with Gasteiger partial charge >= 0.3 is 0 Å². The maximum absolute atomic E-state index is 8.82. The molecule has 96 valence electrons. The Morgan fingerprint density at radius 1 is 1.21 bits per heavy atom. The number of ether oxygens (including phenoxy) is 1. The van der Waals surface area contributed by atoms with Gasteiger partial charge in [-0.05, 0) is 36.4 Å². The van der Waals surface area contributed by atoms with E-state index < -0.39 is 0 Å². The van der Waals surface area contributed by atoms with E-state index in [0.29, 0.717) is 11.4 Å². The van der Waals surface area contributed by atoms with Crippen LogP contribution in [0.2, 0.25) is 5.15 Å². The summed E-state index contributed by atoms with van der Waals surface area (Å²) in [7, 11) is 3.51. The fourth-order valence-electron chi connectivity index (χ4n) is 1.63. The smallest absolute Gasteiger partial charge is 0.149 e. The summed E-state index contributed by atoms with van der Waals surface area (Å²) in [5.74, 6) is 1.47. The van der Waals surface area contributed by atoms with Crippen LogP contribution in [0.3, 0.4) is 0 Å². The number of anilines is 2. The average molecular weight is 274 g/mol. The summed E-state index contributed by atoms with van der Waals surface area (Å²) >= 11 is 5.93. The molecular weight excluding hydrogens is 262 g/mol. The third-order valence-corrected chi connectivity index (χ3v) is 3.05. The van der Waals surface area contributed by atoms with E-state index in [1.165, 1.54) is 0 Å². The largest absolute Gasteiger partial charge is 0.497 e. The Hall–Kier alpha value is -2.25. The lowest BCUT2D eigenvalue weighted by atomic mass is 10.2. The maximum Gasteiger partial charge on any atom is 0.149 e. The third kappa shape index (κ3) is 2.78. The number of nitriles is 1. The number of hydrogen-bond donors (Lipinski definition) is 0. The molecule has 0 spiro atoms. The zero-order valence-corrected chi connectivity index (χ0v) is 11.3. The van der Waals surface area contributed by atoms with Crippen LogP contribution in [0.1, 0.15) is 5.56 Å². The second-order valence-corrected chi connectivity index (χ2v) is 4.23. The predicted octanol–water partition coefficient (Wildman–Crippen LogP) is 3.38. The van der Waals surface area contributed by atoms with Crippen molar-refractivity contribution in [2.45, 2.75) is 0 Å². The summed E-state index contributed by atoms with van der Waals surface area (Å²) in [6, 6.07) is 13.0. The first kappa shape index (κ1) is 13.2. The van der Waals surface area contributed by atoms with Gasteiger partial charge in [-0.1, -0.05) is 11.6 Å². The number of nitrogens with zero attached hydrogens (tertiary/aromatic N) is 3. The molecule has 4 nitrogen and oxygen atoms in total. The van der Waals surface area contributed by atoms with Crippen molar-refractivity contribution >= 4 is 23.1 Å². The first-order chi connectivity index (χ1) is 9.15. The molecule has 0 amide bonds. The normalized spacial score (nSPS) is 9.79. The molecule has 0 aliphatic heterocycles. The molecule has 0 aliphatic rings. The summed E-state index contributed by atoms with van der Waals surface area (Å²) in [6.07, 6.45) is 0. The van der Waals surface area contributed by atoms with Gasteiger partial charge in [-0.25, -0.2) is 4.98 Å². The number of hydrogen-bond acceptors (Lipinski definition) is 4. The SMILES string of the molecule is COc1ccc(N(C)c2ccc(C#N)c(Cl)n2)cc1. The summed E-state index contributed by atoms with van der Waals surface area (Å²) in [4.78, 5) is 6.08. The minimum absolute atomic E-state index is 0.209. The van der Waals surface area contributed by atoms with E-state index in [4.69, 9.17) is 21.6 Å². The monoisotopic (exact) mass is 273 g/mol. The van der Waals surface area contributed by atoms with Gasteiger partial charge in [-0.15, -0.1) is 0 Å². The molecule has 0 aliphatic carbocycles. The van der Waals surface area contributed by atoms with Crippen molar-refractivity contribution in [3.05, 3.63) is 47.1 Å². The van der Waals surface area contributed by atoms with Crippen molar-refractivity contribution in [3.8, 4) is 11.8 Å². The highest BCUT2D eigenvalue weighted by Gasteiger charge is 2.08. The van der Waals surface area contributed by atoms with Crippen molar-refractivity contribution in [2.24, 2.45) is 0 Å². The van der Waals surface area contributed by atoms with Crippen LogP contribution in [0, 0.1) is 11.3 Å². The lowest BCUT2D eigenvalue weighted by molar-refractivity contribution is 0.415. The van der Waals surface area contributed by atoms with E-state index in [1.807, 2.05) is 42.3 Å². The molecule has 0 saturated carbocycles. The van der Waals surface area contributed by atoms with Crippen molar-refractivity contribution in [1.82, 2.24) is 4.98 Å². The van der Waals surface area contributed by atoms with E-state index >= 15 is 0 Å². The molecule has 0 bridgehead atoms. The molecule has 0 radical (unpaired) electrons. The molecule has 2 rings (SSSR count). The molecule has 1 heterocycles. The van der Waals surface area contributed by atoms with Gasteiger partial charge in [0.1, 0.15) is 22.8 Å². The molecule has 2 aromatic rings. The van der Waals surface area contributed by atoms with Crippen LogP contribution in [-0.4, -0.2) is 19.1 Å². The molecule has 1 aromatic carbocycles. The predicted molar refractivity (Wildman–Crippen MR) is 75.0 cm³/mol. The Bertz CT molecular complexity index is 620. The van der Waals surface area contributed by atoms with Gasteiger partial charge in [-0.2, -0.15) is 5.26 Å². The molecule has 0 saturated heterocycles. The molecule has 0 fully saturated rings. The van der Waals surface area contributed by atoms with E-state index in [2.05, 4.69) is 4.98 Å². The number of halogens is 1. The topological polar surface area (TPSA) is 49.1 Å². The fraction of sp³-hybridized carbons (Fsp3) is 0.143.